The molecule has 0 aliphatic carbocycles. The summed E-state index contributed by atoms with van der Waals surface area (Å²) in [7, 11) is -3.92. The zero-order valence-electron chi connectivity index (χ0n) is 14.4. The van der Waals surface area contributed by atoms with Gasteiger partial charge in [-0.05, 0) is 34.2 Å². The first-order valence-electron chi connectivity index (χ1n) is 7.78. The van der Waals surface area contributed by atoms with Gasteiger partial charge in [-0.3, -0.25) is 10.1 Å². The van der Waals surface area contributed by atoms with Crippen molar-refractivity contribution in [3.8, 4) is 11.5 Å². The van der Waals surface area contributed by atoms with Gasteiger partial charge in [0.2, 0.25) is 21.5 Å². The van der Waals surface area contributed by atoms with Crippen LogP contribution in [0.3, 0.4) is 0 Å². The lowest BCUT2D eigenvalue weighted by atomic mass is 10.3. The van der Waals surface area contributed by atoms with Gasteiger partial charge < -0.3 is 14.9 Å². The van der Waals surface area contributed by atoms with Crippen molar-refractivity contribution in [1.82, 2.24) is 9.29 Å². The fraction of sp³-hybridized carbons (Fsp3) is 0.267. The van der Waals surface area contributed by atoms with Crippen molar-refractivity contribution in [1.29, 1.82) is 0 Å². The molecule has 0 N–H and O–H groups in total. The highest BCUT2D eigenvalue weighted by Crippen LogP contribution is 2.36. The molecule has 1 aromatic carbocycles. The summed E-state index contributed by atoms with van der Waals surface area (Å²) in [5.74, 6) is -1.26. The van der Waals surface area contributed by atoms with Crippen LogP contribution in [-0.2, 0) is 10.0 Å². The number of benzene rings is 1. The van der Waals surface area contributed by atoms with Crippen LogP contribution >= 0.6 is 0 Å². The molecule has 2 rings (SSSR count). The SMILES string of the molecule is CCN(CC)S(=O)(=O)c1ccc(Oc2cccnc2[N+](=O)[O-])c([N+](=O)[O-])c1. The Morgan fingerprint density at radius 1 is 1.07 bits per heavy atom. The van der Waals surface area contributed by atoms with Gasteiger partial charge in [-0.15, -0.1) is 0 Å². The summed E-state index contributed by atoms with van der Waals surface area (Å²) in [6.45, 7) is 3.70. The minimum Gasteiger partial charge on any atom is -0.441 e. The van der Waals surface area contributed by atoms with Crippen molar-refractivity contribution < 1.29 is 23.0 Å². The highest BCUT2D eigenvalue weighted by atomic mass is 32.2. The molecule has 27 heavy (non-hydrogen) atoms. The smallest absolute Gasteiger partial charge is 0.406 e. The number of ether oxygens (including phenoxy) is 1. The lowest BCUT2D eigenvalue weighted by molar-refractivity contribution is -0.391. The molecule has 1 aromatic heterocycles. The molecular weight excluding hydrogens is 380 g/mol. The average molecular weight is 396 g/mol. The van der Waals surface area contributed by atoms with Crippen LogP contribution in [0.5, 0.6) is 11.5 Å². The second kappa shape index (κ2) is 8.05. The number of nitro groups is 2. The van der Waals surface area contributed by atoms with Crippen LogP contribution in [0.2, 0.25) is 0 Å². The van der Waals surface area contributed by atoms with E-state index in [2.05, 4.69) is 4.98 Å². The van der Waals surface area contributed by atoms with Gasteiger partial charge in [-0.2, -0.15) is 4.31 Å². The third-order valence-corrected chi connectivity index (χ3v) is 5.66. The van der Waals surface area contributed by atoms with E-state index in [1.807, 2.05) is 0 Å². The van der Waals surface area contributed by atoms with Gasteiger partial charge in [0.25, 0.3) is 0 Å². The van der Waals surface area contributed by atoms with Crippen LogP contribution < -0.4 is 4.74 Å². The Morgan fingerprint density at radius 2 is 1.74 bits per heavy atom. The molecule has 1 heterocycles. The summed E-state index contributed by atoms with van der Waals surface area (Å²) in [6, 6.07) is 5.71. The van der Waals surface area contributed by atoms with E-state index in [0.717, 1.165) is 22.5 Å². The molecule has 0 radical (unpaired) electrons. The molecule has 144 valence electrons. The number of aromatic nitrogens is 1. The lowest BCUT2D eigenvalue weighted by Crippen LogP contribution is -2.30. The van der Waals surface area contributed by atoms with E-state index in [9.17, 15) is 28.6 Å². The Hall–Kier alpha value is -3.12. The molecule has 11 nitrogen and oxygen atoms in total. The first-order valence-corrected chi connectivity index (χ1v) is 9.22. The van der Waals surface area contributed by atoms with Gasteiger partial charge in [0, 0.05) is 19.2 Å². The van der Waals surface area contributed by atoms with Gasteiger partial charge in [-0.1, -0.05) is 13.8 Å². The van der Waals surface area contributed by atoms with Crippen molar-refractivity contribution >= 4 is 21.5 Å². The van der Waals surface area contributed by atoms with E-state index in [1.165, 1.54) is 18.3 Å². The van der Waals surface area contributed by atoms with Crippen molar-refractivity contribution in [2.45, 2.75) is 18.7 Å². The van der Waals surface area contributed by atoms with Gasteiger partial charge in [-0.25, -0.2) is 8.42 Å². The number of sulfonamides is 1. The van der Waals surface area contributed by atoms with E-state index in [0.29, 0.717) is 0 Å². The zero-order chi connectivity index (χ0) is 20.2. The van der Waals surface area contributed by atoms with Crippen LogP contribution in [0.15, 0.2) is 41.4 Å². The van der Waals surface area contributed by atoms with Crippen molar-refractivity contribution in [2.24, 2.45) is 0 Å². The quantitative estimate of drug-likeness (QED) is 0.489. The molecule has 2 aromatic rings. The summed E-state index contributed by atoms with van der Waals surface area (Å²) in [6.07, 6.45) is 1.18. The van der Waals surface area contributed by atoms with Crippen LogP contribution in [0.1, 0.15) is 13.8 Å². The van der Waals surface area contributed by atoms with Gasteiger partial charge in [0.15, 0.2) is 0 Å². The molecule has 0 atom stereocenters. The Balaban J connectivity index is 2.52. The Labute approximate surface area is 154 Å². The summed E-state index contributed by atoms with van der Waals surface area (Å²) < 4.78 is 31.5. The molecule has 0 bridgehead atoms. The molecule has 0 spiro atoms. The second-order valence-electron chi connectivity index (χ2n) is 5.16. The van der Waals surface area contributed by atoms with Crippen LogP contribution in [0, 0.1) is 20.2 Å². The molecule has 0 aliphatic rings. The molecule has 0 amide bonds. The van der Waals surface area contributed by atoms with Crippen molar-refractivity contribution in [2.75, 3.05) is 13.1 Å². The summed E-state index contributed by atoms with van der Waals surface area (Å²) in [4.78, 5) is 24.1. The lowest BCUT2D eigenvalue weighted by Gasteiger charge is -2.18. The largest absolute Gasteiger partial charge is 0.441 e. The van der Waals surface area contributed by atoms with E-state index >= 15 is 0 Å². The first-order chi connectivity index (χ1) is 12.7. The summed E-state index contributed by atoms with van der Waals surface area (Å²) in [5, 5.41) is 22.4. The molecule has 0 saturated heterocycles. The highest BCUT2D eigenvalue weighted by molar-refractivity contribution is 7.89. The van der Waals surface area contributed by atoms with Crippen molar-refractivity contribution in [3.63, 3.8) is 0 Å². The highest BCUT2D eigenvalue weighted by Gasteiger charge is 2.27. The monoisotopic (exact) mass is 396 g/mol. The van der Waals surface area contributed by atoms with E-state index in [1.54, 1.807) is 13.8 Å². The minimum atomic E-state index is -3.92. The summed E-state index contributed by atoms with van der Waals surface area (Å²) >= 11 is 0. The number of pyridine rings is 1. The topological polar surface area (TPSA) is 146 Å². The summed E-state index contributed by atoms with van der Waals surface area (Å²) in [5.41, 5.74) is -0.638. The van der Waals surface area contributed by atoms with Crippen LogP contribution in [0.4, 0.5) is 11.5 Å². The number of nitro benzene ring substituents is 1. The number of rotatable bonds is 8. The molecule has 0 fully saturated rings. The number of hydrogen-bond donors (Lipinski definition) is 0. The van der Waals surface area contributed by atoms with E-state index in [4.69, 9.17) is 4.74 Å². The normalized spacial score (nSPS) is 11.4. The fourth-order valence-corrected chi connectivity index (χ4v) is 3.80. The molecule has 0 aliphatic heterocycles. The average Bonchev–Trinajstić information content (AvgIpc) is 2.62. The van der Waals surface area contributed by atoms with E-state index < -0.39 is 31.4 Å². The first kappa shape index (κ1) is 20.2. The predicted octanol–water partition coefficient (Wildman–Crippen LogP) is 2.72. The van der Waals surface area contributed by atoms with Crippen molar-refractivity contribution in [3.05, 3.63) is 56.8 Å². The zero-order valence-corrected chi connectivity index (χ0v) is 15.2. The molecule has 0 unspecified atom stereocenters. The Bertz CT molecular complexity index is 974. The maximum atomic E-state index is 12.5. The van der Waals surface area contributed by atoms with Crippen LogP contribution in [0.25, 0.3) is 0 Å². The predicted molar refractivity (Wildman–Crippen MR) is 94.2 cm³/mol. The van der Waals surface area contributed by atoms with Crippen LogP contribution in [-0.4, -0.2) is 40.6 Å². The maximum Gasteiger partial charge on any atom is 0.406 e. The molecule has 12 heteroatoms. The standard InChI is InChI=1S/C15H16N4O7S/c1-3-17(4-2)27(24,25)11-7-8-13(12(10-11)18(20)21)26-14-6-5-9-16-15(14)19(22)23/h5-10H,3-4H2,1-2H3. The fourth-order valence-electron chi connectivity index (χ4n) is 2.32. The van der Waals surface area contributed by atoms with Gasteiger partial charge in [0.1, 0.15) is 6.20 Å². The molecular formula is C15H16N4O7S. The van der Waals surface area contributed by atoms with E-state index in [-0.39, 0.29) is 29.5 Å². The number of nitrogens with zero attached hydrogens (tertiary/aromatic N) is 4. The minimum absolute atomic E-state index is 0.201. The van der Waals surface area contributed by atoms with Gasteiger partial charge in [0.05, 0.1) is 9.82 Å². The Kier molecular flexibility index (Phi) is 6.02. The maximum absolute atomic E-state index is 12.5. The molecule has 0 saturated carbocycles. The Morgan fingerprint density at radius 3 is 2.30 bits per heavy atom. The van der Waals surface area contributed by atoms with Gasteiger partial charge >= 0.3 is 11.5 Å². The number of hydrogen-bond acceptors (Lipinski definition) is 8. The third kappa shape index (κ3) is 4.17. The second-order valence-corrected chi connectivity index (χ2v) is 7.10. The third-order valence-electron chi connectivity index (χ3n) is 3.61.